The van der Waals surface area contributed by atoms with E-state index in [4.69, 9.17) is 5.26 Å². The van der Waals surface area contributed by atoms with E-state index in [0.717, 1.165) is 5.56 Å². The molecule has 0 radical (unpaired) electrons. The third kappa shape index (κ3) is 2.53. The molecule has 0 aliphatic rings. The first kappa shape index (κ1) is 9.14. The summed E-state index contributed by atoms with van der Waals surface area (Å²) in [6, 6.07) is 3.57. The molecule has 3 heteroatoms. The van der Waals surface area contributed by atoms with Gasteiger partial charge in [-0.3, -0.25) is 9.78 Å². The molecule has 1 heterocycles. The number of nitrogens with zero attached hydrogens (tertiary/aromatic N) is 2. The van der Waals surface area contributed by atoms with Gasteiger partial charge in [-0.25, -0.2) is 0 Å². The molecule has 0 fully saturated rings. The summed E-state index contributed by atoms with van der Waals surface area (Å²) in [4.78, 5) is 14.8. The van der Waals surface area contributed by atoms with Gasteiger partial charge in [0.15, 0.2) is 5.78 Å². The summed E-state index contributed by atoms with van der Waals surface area (Å²) >= 11 is 0. The van der Waals surface area contributed by atoms with E-state index in [1.54, 1.807) is 18.3 Å². The average molecular weight is 172 g/mol. The lowest BCUT2D eigenvalue weighted by molar-refractivity contribution is 0.101. The van der Waals surface area contributed by atoms with Crippen molar-refractivity contribution < 1.29 is 4.79 Å². The molecule has 0 aromatic carbocycles. The van der Waals surface area contributed by atoms with Gasteiger partial charge < -0.3 is 0 Å². The van der Waals surface area contributed by atoms with E-state index in [1.807, 2.05) is 6.07 Å². The number of ketones is 1. The fraction of sp³-hybridized carbons (Fsp3) is 0.100. The molecule has 1 rings (SSSR count). The Morgan fingerprint density at radius 2 is 2.38 bits per heavy atom. The molecule has 0 amide bonds. The minimum atomic E-state index is -0.0280. The Morgan fingerprint density at radius 1 is 1.62 bits per heavy atom. The Bertz CT molecular complexity index is 388. The summed E-state index contributed by atoms with van der Waals surface area (Å²) in [6.45, 7) is 1.48. The molecule has 0 unspecified atom stereocenters. The lowest BCUT2D eigenvalue weighted by atomic mass is 10.1. The Hall–Kier alpha value is -1.95. The SMILES string of the molecule is CC(=O)c1cncc(C=CC#N)c1. The van der Waals surface area contributed by atoms with E-state index < -0.39 is 0 Å². The van der Waals surface area contributed by atoms with Gasteiger partial charge in [0.1, 0.15) is 0 Å². The topological polar surface area (TPSA) is 53.8 Å². The van der Waals surface area contributed by atoms with Crippen molar-refractivity contribution in [3.05, 3.63) is 35.7 Å². The summed E-state index contributed by atoms with van der Waals surface area (Å²) in [5, 5.41) is 8.28. The molecule has 0 saturated carbocycles. The Balaban J connectivity index is 3.00. The summed E-state index contributed by atoms with van der Waals surface area (Å²) in [7, 11) is 0. The maximum absolute atomic E-state index is 10.9. The molecule has 0 spiro atoms. The molecule has 1 aromatic rings. The number of pyridine rings is 1. The van der Waals surface area contributed by atoms with Crippen LogP contribution in [-0.2, 0) is 0 Å². The molecule has 13 heavy (non-hydrogen) atoms. The number of carbonyl (C=O) groups excluding carboxylic acids is 1. The fourth-order valence-electron chi connectivity index (χ4n) is 0.875. The van der Waals surface area contributed by atoms with Crippen LogP contribution in [0.5, 0.6) is 0 Å². The van der Waals surface area contributed by atoms with Gasteiger partial charge in [0.05, 0.1) is 6.07 Å². The molecular formula is C10H8N2O. The van der Waals surface area contributed by atoms with Gasteiger partial charge >= 0.3 is 0 Å². The molecule has 0 aliphatic carbocycles. The summed E-state index contributed by atoms with van der Waals surface area (Å²) < 4.78 is 0. The second kappa shape index (κ2) is 4.17. The van der Waals surface area contributed by atoms with E-state index >= 15 is 0 Å². The Kier molecular flexibility index (Phi) is 2.93. The number of hydrogen-bond donors (Lipinski definition) is 0. The zero-order chi connectivity index (χ0) is 9.68. The van der Waals surface area contributed by atoms with Crippen LogP contribution < -0.4 is 0 Å². The molecule has 0 saturated heterocycles. The zero-order valence-corrected chi connectivity index (χ0v) is 7.19. The van der Waals surface area contributed by atoms with Crippen LogP contribution in [0.1, 0.15) is 22.8 Å². The first-order chi connectivity index (χ1) is 6.24. The first-order valence-corrected chi connectivity index (χ1v) is 3.76. The standard InChI is InChI=1S/C10H8N2O/c1-8(13)10-5-9(3-2-4-11)6-12-7-10/h2-3,5-7H,1H3. The van der Waals surface area contributed by atoms with Crippen molar-refractivity contribution in [3.8, 4) is 6.07 Å². The first-order valence-electron chi connectivity index (χ1n) is 3.76. The highest BCUT2D eigenvalue weighted by molar-refractivity contribution is 5.94. The van der Waals surface area contributed by atoms with Crippen molar-refractivity contribution in [3.63, 3.8) is 0 Å². The maximum atomic E-state index is 10.9. The second-order valence-corrected chi connectivity index (χ2v) is 2.53. The predicted molar refractivity (Wildman–Crippen MR) is 48.9 cm³/mol. The van der Waals surface area contributed by atoms with Crippen LogP contribution >= 0.6 is 0 Å². The molecule has 64 valence electrons. The number of nitriles is 1. The third-order valence-electron chi connectivity index (χ3n) is 1.52. The van der Waals surface area contributed by atoms with Gasteiger partial charge in [-0.05, 0) is 24.6 Å². The minimum absolute atomic E-state index is 0.0280. The van der Waals surface area contributed by atoms with E-state index in [1.165, 1.54) is 19.2 Å². The van der Waals surface area contributed by atoms with Gasteiger partial charge in [-0.1, -0.05) is 0 Å². The quantitative estimate of drug-likeness (QED) is 0.505. The fourth-order valence-corrected chi connectivity index (χ4v) is 0.875. The van der Waals surface area contributed by atoms with Gasteiger partial charge in [-0.2, -0.15) is 5.26 Å². The average Bonchev–Trinajstić information content (AvgIpc) is 2.15. The number of carbonyl (C=O) groups is 1. The number of aromatic nitrogens is 1. The van der Waals surface area contributed by atoms with Crippen LogP contribution in [0.3, 0.4) is 0 Å². The zero-order valence-electron chi connectivity index (χ0n) is 7.19. The van der Waals surface area contributed by atoms with E-state index in [0.29, 0.717) is 5.56 Å². The maximum Gasteiger partial charge on any atom is 0.161 e. The van der Waals surface area contributed by atoms with E-state index in [9.17, 15) is 4.79 Å². The van der Waals surface area contributed by atoms with Crippen LogP contribution in [0.15, 0.2) is 24.5 Å². The van der Waals surface area contributed by atoms with Crippen LogP contribution in [0.4, 0.5) is 0 Å². The van der Waals surface area contributed by atoms with Gasteiger partial charge in [-0.15, -0.1) is 0 Å². The smallest absolute Gasteiger partial charge is 0.161 e. The van der Waals surface area contributed by atoms with Crippen molar-refractivity contribution in [1.29, 1.82) is 5.26 Å². The highest BCUT2D eigenvalue weighted by atomic mass is 16.1. The van der Waals surface area contributed by atoms with Gasteiger partial charge in [0.2, 0.25) is 0 Å². The lowest BCUT2D eigenvalue weighted by Crippen LogP contribution is -1.93. The third-order valence-corrected chi connectivity index (χ3v) is 1.52. The van der Waals surface area contributed by atoms with Crippen molar-refractivity contribution in [2.45, 2.75) is 6.92 Å². The predicted octanol–water partition coefficient (Wildman–Crippen LogP) is 1.82. The minimum Gasteiger partial charge on any atom is -0.294 e. The van der Waals surface area contributed by atoms with Crippen molar-refractivity contribution in [1.82, 2.24) is 4.98 Å². The van der Waals surface area contributed by atoms with Crippen LogP contribution in [0.25, 0.3) is 6.08 Å². The summed E-state index contributed by atoms with van der Waals surface area (Å²) in [6.07, 6.45) is 6.06. The highest BCUT2D eigenvalue weighted by Gasteiger charge is 1.98. The number of allylic oxidation sites excluding steroid dienone is 1. The molecule has 1 aromatic heterocycles. The molecular weight excluding hydrogens is 164 g/mol. The normalized spacial score (nSPS) is 9.85. The van der Waals surface area contributed by atoms with Crippen LogP contribution in [-0.4, -0.2) is 10.8 Å². The molecule has 0 aliphatic heterocycles. The Labute approximate surface area is 76.3 Å². The molecule has 0 N–H and O–H groups in total. The second-order valence-electron chi connectivity index (χ2n) is 2.53. The highest BCUT2D eigenvalue weighted by Crippen LogP contribution is 2.04. The lowest BCUT2D eigenvalue weighted by Gasteiger charge is -1.95. The van der Waals surface area contributed by atoms with Crippen molar-refractivity contribution in [2.24, 2.45) is 0 Å². The van der Waals surface area contributed by atoms with E-state index in [-0.39, 0.29) is 5.78 Å². The number of rotatable bonds is 2. The van der Waals surface area contributed by atoms with Crippen molar-refractivity contribution in [2.75, 3.05) is 0 Å². The Morgan fingerprint density at radius 3 is 3.00 bits per heavy atom. The summed E-state index contributed by atoms with van der Waals surface area (Å²) in [5.41, 5.74) is 1.31. The van der Waals surface area contributed by atoms with E-state index in [2.05, 4.69) is 4.98 Å². The molecule has 0 bridgehead atoms. The number of hydrogen-bond acceptors (Lipinski definition) is 3. The van der Waals surface area contributed by atoms with Gasteiger partial charge in [0, 0.05) is 24.0 Å². The van der Waals surface area contributed by atoms with Crippen molar-refractivity contribution >= 4 is 11.9 Å². The number of Topliss-reactive ketones (excluding diaryl/α,β-unsaturated/α-hetero) is 1. The van der Waals surface area contributed by atoms with Crippen LogP contribution in [0, 0.1) is 11.3 Å². The largest absolute Gasteiger partial charge is 0.294 e. The summed E-state index contributed by atoms with van der Waals surface area (Å²) in [5.74, 6) is -0.0280. The molecule has 3 nitrogen and oxygen atoms in total. The monoisotopic (exact) mass is 172 g/mol. The van der Waals surface area contributed by atoms with Crippen LogP contribution in [0.2, 0.25) is 0 Å². The van der Waals surface area contributed by atoms with Gasteiger partial charge in [0.25, 0.3) is 0 Å². The molecule has 0 atom stereocenters.